The number of nitrogens with zero attached hydrogens (tertiary/aromatic N) is 1. The van der Waals surface area contributed by atoms with Crippen molar-refractivity contribution in [3.8, 4) is 16.2 Å². The summed E-state index contributed by atoms with van der Waals surface area (Å²) in [6.45, 7) is 0.463. The summed E-state index contributed by atoms with van der Waals surface area (Å²) >= 11 is 4.38. The number of methoxy groups -OCH3 is 1. The third-order valence-corrected chi connectivity index (χ3v) is 10.5. The van der Waals surface area contributed by atoms with Gasteiger partial charge in [-0.25, -0.2) is 18.0 Å². The summed E-state index contributed by atoms with van der Waals surface area (Å²) in [5.74, 6) is -2.51. The molecule has 0 saturated carbocycles. The van der Waals surface area contributed by atoms with Gasteiger partial charge >= 0.3 is 18.1 Å². The number of carbonyl (C=O) groups excluding carboxylic acids is 1. The van der Waals surface area contributed by atoms with Crippen LogP contribution in [-0.2, 0) is 31.5 Å². The Hall–Kier alpha value is -3.14. The van der Waals surface area contributed by atoms with Crippen molar-refractivity contribution in [3.05, 3.63) is 69.0 Å². The summed E-state index contributed by atoms with van der Waals surface area (Å²) in [5, 5.41) is 12.3. The number of aliphatic carboxylic acids is 1. The number of esters is 1. The Morgan fingerprint density at radius 2 is 1.81 bits per heavy atom. The molecule has 226 valence electrons. The van der Waals surface area contributed by atoms with Gasteiger partial charge in [-0.3, -0.25) is 4.31 Å². The minimum atomic E-state index is -4.54. The number of alkyl halides is 3. The number of piperidine rings is 1. The Morgan fingerprint density at radius 1 is 1.14 bits per heavy atom. The second-order valence-corrected chi connectivity index (χ2v) is 13.0. The number of anilines is 1. The molecule has 1 aliphatic heterocycles. The molecule has 42 heavy (non-hydrogen) atoms. The highest BCUT2D eigenvalue weighted by molar-refractivity contribution is 9.10. The molecule has 0 aliphatic carbocycles. The van der Waals surface area contributed by atoms with Crippen LogP contribution < -0.4 is 14.4 Å². The maximum atomic E-state index is 13.9. The number of carbonyl (C=O) groups is 2. The maximum absolute atomic E-state index is 13.9. The van der Waals surface area contributed by atoms with E-state index >= 15 is 0 Å². The van der Waals surface area contributed by atoms with Gasteiger partial charge in [0.25, 0.3) is 0 Å². The molecule has 0 spiro atoms. The molecule has 0 atom stereocenters. The molecule has 2 aromatic carbocycles. The lowest BCUT2D eigenvalue weighted by molar-refractivity contribution is -0.139. The normalized spacial score (nSPS) is 14.4. The van der Waals surface area contributed by atoms with Gasteiger partial charge in [0.1, 0.15) is 0 Å². The van der Waals surface area contributed by atoms with Gasteiger partial charge < -0.3 is 19.9 Å². The summed E-state index contributed by atoms with van der Waals surface area (Å²) in [6.07, 6.45) is -3.51. The number of benzene rings is 2. The number of carboxylic acid groups (broad SMARTS) is 1. The maximum Gasteiger partial charge on any atom is 0.416 e. The fourth-order valence-electron chi connectivity index (χ4n) is 4.57. The van der Waals surface area contributed by atoms with Crippen molar-refractivity contribution >= 4 is 54.9 Å². The van der Waals surface area contributed by atoms with E-state index in [1.807, 2.05) is 0 Å². The van der Waals surface area contributed by atoms with Crippen LogP contribution in [-0.4, -0.2) is 58.3 Å². The first-order valence-electron chi connectivity index (χ1n) is 12.6. The van der Waals surface area contributed by atoms with Crippen molar-refractivity contribution in [2.24, 2.45) is 0 Å². The SMILES string of the molecule is COC(=O)c1sc(-c2cccc(N(C3CCNCC3)S(=O)(=O)Cc3ccc(C(F)(F)F)cc3)c2)c(Br)c1OCC(=O)O. The first kappa shape index (κ1) is 31.8. The first-order valence-corrected chi connectivity index (χ1v) is 15.8. The molecule has 4 rings (SSSR count). The Morgan fingerprint density at radius 3 is 2.40 bits per heavy atom. The van der Waals surface area contributed by atoms with Gasteiger partial charge in [0.15, 0.2) is 17.2 Å². The zero-order valence-corrected chi connectivity index (χ0v) is 25.3. The lowest BCUT2D eigenvalue weighted by atomic mass is 10.1. The summed E-state index contributed by atoms with van der Waals surface area (Å²) in [4.78, 5) is 24.0. The summed E-state index contributed by atoms with van der Waals surface area (Å²) in [5.41, 5.74) is 0.191. The average Bonchev–Trinajstić information content (AvgIpc) is 3.27. The van der Waals surface area contributed by atoms with Crippen LogP contribution in [0.5, 0.6) is 5.75 Å². The van der Waals surface area contributed by atoms with Crippen LogP contribution in [0, 0.1) is 0 Å². The van der Waals surface area contributed by atoms with E-state index in [-0.39, 0.29) is 16.2 Å². The molecule has 0 radical (unpaired) electrons. The van der Waals surface area contributed by atoms with Crippen molar-refractivity contribution in [3.63, 3.8) is 0 Å². The molecule has 1 fully saturated rings. The molecule has 3 aromatic rings. The van der Waals surface area contributed by atoms with Crippen molar-refractivity contribution < 1.29 is 45.8 Å². The molecule has 0 amide bonds. The van der Waals surface area contributed by atoms with Gasteiger partial charge in [0.05, 0.1) is 33.5 Å². The topological polar surface area (TPSA) is 122 Å². The van der Waals surface area contributed by atoms with E-state index in [4.69, 9.17) is 14.6 Å². The number of hydrogen-bond acceptors (Lipinski definition) is 8. The molecule has 1 aliphatic rings. The van der Waals surface area contributed by atoms with Gasteiger partial charge in [-0.1, -0.05) is 24.3 Å². The van der Waals surface area contributed by atoms with Crippen molar-refractivity contribution in [2.75, 3.05) is 31.1 Å². The molecule has 2 heterocycles. The largest absolute Gasteiger partial charge is 0.479 e. The van der Waals surface area contributed by atoms with E-state index in [9.17, 15) is 31.2 Å². The zero-order valence-electron chi connectivity index (χ0n) is 22.1. The Bertz CT molecular complexity index is 1550. The van der Waals surface area contributed by atoms with Gasteiger partial charge in [-0.2, -0.15) is 13.2 Å². The molecule has 1 aromatic heterocycles. The van der Waals surface area contributed by atoms with E-state index in [0.29, 0.717) is 46.5 Å². The van der Waals surface area contributed by atoms with Gasteiger partial charge in [-0.05, 0) is 77.3 Å². The van der Waals surface area contributed by atoms with Crippen LogP contribution in [0.3, 0.4) is 0 Å². The predicted molar refractivity (Wildman–Crippen MR) is 154 cm³/mol. The van der Waals surface area contributed by atoms with E-state index in [2.05, 4.69) is 21.2 Å². The first-order chi connectivity index (χ1) is 19.8. The molecule has 0 unspecified atom stereocenters. The van der Waals surface area contributed by atoms with Crippen molar-refractivity contribution in [2.45, 2.75) is 30.8 Å². The number of sulfonamides is 1. The van der Waals surface area contributed by atoms with E-state index in [1.165, 1.54) is 11.4 Å². The number of rotatable bonds is 10. The Balaban J connectivity index is 1.74. The quantitative estimate of drug-likeness (QED) is 0.266. The molecule has 1 saturated heterocycles. The highest BCUT2D eigenvalue weighted by Crippen LogP contribution is 2.47. The Labute approximate surface area is 252 Å². The molecule has 9 nitrogen and oxygen atoms in total. The summed E-state index contributed by atoms with van der Waals surface area (Å²) in [7, 11) is -2.90. The fraction of sp³-hybridized carbons (Fsp3) is 0.333. The van der Waals surface area contributed by atoms with E-state index < -0.39 is 52.1 Å². The van der Waals surface area contributed by atoms with Crippen LogP contribution in [0.25, 0.3) is 10.4 Å². The van der Waals surface area contributed by atoms with Gasteiger partial charge in [0, 0.05) is 6.04 Å². The number of thiophene rings is 1. The zero-order chi connectivity index (χ0) is 30.7. The highest BCUT2D eigenvalue weighted by atomic mass is 79.9. The molecular weight excluding hydrogens is 665 g/mol. The number of nitrogens with one attached hydrogen (secondary N) is 1. The smallest absolute Gasteiger partial charge is 0.416 e. The average molecular weight is 692 g/mol. The lowest BCUT2D eigenvalue weighted by Crippen LogP contribution is -2.46. The van der Waals surface area contributed by atoms with E-state index in [0.717, 1.165) is 35.6 Å². The minimum absolute atomic E-state index is 0.0141. The number of ether oxygens (including phenoxy) is 2. The molecule has 15 heteroatoms. The monoisotopic (exact) mass is 690 g/mol. The third-order valence-electron chi connectivity index (χ3n) is 6.45. The second kappa shape index (κ2) is 13.0. The number of halogens is 4. The minimum Gasteiger partial charge on any atom is -0.479 e. The molecule has 2 N–H and O–H groups in total. The van der Waals surface area contributed by atoms with Crippen LogP contribution in [0.15, 0.2) is 53.0 Å². The Kier molecular flexibility index (Phi) is 9.85. The van der Waals surface area contributed by atoms with Crippen molar-refractivity contribution in [1.82, 2.24) is 5.32 Å². The second-order valence-electron chi connectivity index (χ2n) is 9.36. The van der Waals surface area contributed by atoms with Crippen LogP contribution in [0.4, 0.5) is 18.9 Å². The fourth-order valence-corrected chi connectivity index (χ4v) is 8.39. The number of hydrogen-bond donors (Lipinski definition) is 2. The summed E-state index contributed by atoms with van der Waals surface area (Å²) in [6, 6.07) is 10.2. The van der Waals surface area contributed by atoms with Crippen LogP contribution in [0.2, 0.25) is 0 Å². The van der Waals surface area contributed by atoms with Gasteiger partial charge in [-0.15, -0.1) is 11.3 Å². The van der Waals surface area contributed by atoms with E-state index in [1.54, 1.807) is 24.3 Å². The summed E-state index contributed by atoms with van der Waals surface area (Å²) < 4.78 is 78.6. The number of carboxylic acids is 1. The molecule has 0 bridgehead atoms. The highest BCUT2D eigenvalue weighted by Gasteiger charge is 2.34. The lowest BCUT2D eigenvalue weighted by Gasteiger charge is -2.35. The van der Waals surface area contributed by atoms with Crippen LogP contribution >= 0.6 is 27.3 Å². The predicted octanol–water partition coefficient (Wildman–Crippen LogP) is 5.53. The van der Waals surface area contributed by atoms with Crippen molar-refractivity contribution in [1.29, 1.82) is 0 Å². The van der Waals surface area contributed by atoms with Crippen LogP contribution in [0.1, 0.15) is 33.6 Å². The third kappa shape index (κ3) is 7.25. The molecular formula is C27H26BrF3N2O7S2. The standard InChI is InChI=1S/C27H26BrF3N2O7S2/c1-39-26(36)25-23(40-14-21(34)35)22(28)24(41-25)17-3-2-4-20(13-17)33(19-9-11-32-12-10-19)42(37,38)15-16-5-7-18(8-6-16)27(29,30)31/h2-8,13,19,32H,9-12,14-15H2,1H3,(H,34,35). The van der Waals surface area contributed by atoms with Gasteiger partial charge in [0.2, 0.25) is 10.0 Å².